The van der Waals surface area contributed by atoms with Gasteiger partial charge >= 0.3 is 0 Å². The summed E-state index contributed by atoms with van der Waals surface area (Å²) in [5.74, 6) is -1.19. The third kappa shape index (κ3) is 2.59. The smallest absolute Gasteiger partial charge is 0.149 e. The van der Waals surface area contributed by atoms with Crippen molar-refractivity contribution >= 4 is 17.1 Å². The molecular formula is C14H14F2N2. The number of anilines is 3. The Morgan fingerprint density at radius 2 is 1.67 bits per heavy atom. The molecule has 0 saturated heterocycles. The fourth-order valence-corrected chi connectivity index (χ4v) is 1.71. The zero-order valence-corrected chi connectivity index (χ0v) is 10.2. The van der Waals surface area contributed by atoms with Crippen molar-refractivity contribution in [2.24, 2.45) is 0 Å². The molecule has 0 bridgehead atoms. The minimum absolute atomic E-state index is 0.255. The van der Waals surface area contributed by atoms with E-state index in [1.165, 1.54) is 12.1 Å². The Hall–Kier alpha value is -2.10. The zero-order chi connectivity index (χ0) is 13.1. The van der Waals surface area contributed by atoms with Crippen molar-refractivity contribution < 1.29 is 8.78 Å². The molecule has 2 nitrogen and oxygen atoms in total. The van der Waals surface area contributed by atoms with Crippen molar-refractivity contribution in [3.8, 4) is 0 Å². The summed E-state index contributed by atoms with van der Waals surface area (Å²) in [5.41, 5.74) is 1.96. The van der Waals surface area contributed by atoms with E-state index in [0.717, 1.165) is 17.4 Å². The number of benzene rings is 2. The van der Waals surface area contributed by atoms with Crippen LogP contribution in [0.15, 0.2) is 42.5 Å². The second-order valence-electron chi connectivity index (χ2n) is 4.16. The maximum Gasteiger partial charge on any atom is 0.149 e. The van der Waals surface area contributed by atoms with Gasteiger partial charge in [0.1, 0.15) is 11.6 Å². The van der Waals surface area contributed by atoms with Gasteiger partial charge in [-0.25, -0.2) is 8.78 Å². The number of nitrogens with one attached hydrogen (secondary N) is 1. The molecule has 2 aromatic carbocycles. The van der Waals surface area contributed by atoms with E-state index < -0.39 is 11.6 Å². The minimum atomic E-state index is -0.608. The number of halogens is 2. The number of rotatable bonds is 3. The Labute approximate surface area is 105 Å². The normalized spacial score (nSPS) is 10.2. The van der Waals surface area contributed by atoms with E-state index in [1.807, 2.05) is 43.3 Å². The molecule has 4 heteroatoms. The largest absolute Gasteiger partial charge is 0.376 e. The van der Waals surface area contributed by atoms with Gasteiger partial charge in [0.25, 0.3) is 0 Å². The minimum Gasteiger partial charge on any atom is -0.376 e. The summed E-state index contributed by atoms with van der Waals surface area (Å²) in [6, 6.07) is 11.0. The van der Waals surface area contributed by atoms with Gasteiger partial charge in [-0.1, -0.05) is 12.1 Å². The molecule has 0 heterocycles. The fourth-order valence-electron chi connectivity index (χ4n) is 1.71. The van der Waals surface area contributed by atoms with Gasteiger partial charge in [-0.05, 0) is 24.3 Å². The standard InChI is InChI=1S/C14H14F2N2/c1-18(2)14-6-4-3-5-13(14)17-12-8-7-10(15)9-11(12)16/h3-9,17H,1-2H3. The fraction of sp³-hybridized carbons (Fsp3) is 0.143. The van der Waals surface area contributed by atoms with Crippen LogP contribution in [0, 0.1) is 11.6 Å². The molecule has 0 aliphatic rings. The third-order valence-electron chi connectivity index (χ3n) is 2.59. The summed E-state index contributed by atoms with van der Waals surface area (Å²) in [7, 11) is 3.81. The highest BCUT2D eigenvalue weighted by Crippen LogP contribution is 2.28. The lowest BCUT2D eigenvalue weighted by molar-refractivity contribution is 0.586. The van der Waals surface area contributed by atoms with Crippen molar-refractivity contribution in [1.82, 2.24) is 0 Å². The van der Waals surface area contributed by atoms with Crippen molar-refractivity contribution in [2.75, 3.05) is 24.3 Å². The molecular weight excluding hydrogens is 234 g/mol. The van der Waals surface area contributed by atoms with Crippen LogP contribution in [0.2, 0.25) is 0 Å². The molecule has 2 rings (SSSR count). The Bertz CT molecular complexity index is 553. The summed E-state index contributed by atoms with van der Waals surface area (Å²) in [6.45, 7) is 0. The van der Waals surface area contributed by atoms with Crippen molar-refractivity contribution in [3.63, 3.8) is 0 Å². The molecule has 0 aliphatic carbocycles. The quantitative estimate of drug-likeness (QED) is 0.889. The van der Waals surface area contributed by atoms with Crippen LogP contribution in [0.5, 0.6) is 0 Å². The Balaban J connectivity index is 2.34. The molecule has 0 saturated carbocycles. The van der Waals surface area contributed by atoms with E-state index >= 15 is 0 Å². The lowest BCUT2D eigenvalue weighted by Crippen LogP contribution is -2.11. The highest BCUT2D eigenvalue weighted by molar-refractivity contribution is 5.74. The monoisotopic (exact) mass is 248 g/mol. The molecule has 0 radical (unpaired) electrons. The van der Waals surface area contributed by atoms with Gasteiger partial charge in [0.05, 0.1) is 17.1 Å². The summed E-state index contributed by atoms with van der Waals surface area (Å²) < 4.78 is 26.4. The van der Waals surface area contributed by atoms with Crippen LogP contribution in [-0.2, 0) is 0 Å². The second kappa shape index (κ2) is 5.04. The average Bonchev–Trinajstić information content (AvgIpc) is 2.33. The topological polar surface area (TPSA) is 15.3 Å². The first-order chi connectivity index (χ1) is 8.58. The Morgan fingerprint density at radius 3 is 2.33 bits per heavy atom. The van der Waals surface area contributed by atoms with Crippen LogP contribution >= 0.6 is 0 Å². The predicted molar refractivity (Wildman–Crippen MR) is 70.4 cm³/mol. The summed E-state index contributed by atoms with van der Waals surface area (Å²) in [4.78, 5) is 1.92. The second-order valence-corrected chi connectivity index (χ2v) is 4.16. The maximum atomic E-state index is 13.6. The van der Waals surface area contributed by atoms with Gasteiger partial charge in [-0.15, -0.1) is 0 Å². The van der Waals surface area contributed by atoms with E-state index in [9.17, 15) is 8.78 Å². The molecule has 0 fully saturated rings. The molecule has 0 unspecified atom stereocenters. The highest BCUT2D eigenvalue weighted by Gasteiger charge is 2.07. The van der Waals surface area contributed by atoms with E-state index in [1.54, 1.807) is 0 Å². The van der Waals surface area contributed by atoms with Crippen LogP contribution in [0.3, 0.4) is 0 Å². The van der Waals surface area contributed by atoms with Crippen molar-refractivity contribution in [3.05, 3.63) is 54.1 Å². The molecule has 0 amide bonds. The van der Waals surface area contributed by atoms with Crippen LogP contribution < -0.4 is 10.2 Å². The van der Waals surface area contributed by atoms with Crippen LogP contribution in [0.4, 0.5) is 25.8 Å². The molecule has 0 atom stereocenters. The van der Waals surface area contributed by atoms with E-state index in [4.69, 9.17) is 0 Å². The van der Waals surface area contributed by atoms with Gasteiger partial charge in [0.2, 0.25) is 0 Å². The molecule has 0 aromatic heterocycles. The number of hydrogen-bond donors (Lipinski definition) is 1. The summed E-state index contributed by atoms with van der Waals surface area (Å²) >= 11 is 0. The lowest BCUT2D eigenvalue weighted by Gasteiger charge is -2.18. The highest BCUT2D eigenvalue weighted by atomic mass is 19.1. The van der Waals surface area contributed by atoms with Crippen LogP contribution in [0.25, 0.3) is 0 Å². The first-order valence-electron chi connectivity index (χ1n) is 5.56. The Kier molecular flexibility index (Phi) is 3.46. The lowest BCUT2D eigenvalue weighted by atomic mass is 10.2. The maximum absolute atomic E-state index is 13.6. The number of nitrogens with zero attached hydrogens (tertiary/aromatic N) is 1. The zero-order valence-electron chi connectivity index (χ0n) is 10.2. The van der Waals surface area contributed by atoms with Crippen LogP contribution in [-0.4, -0.2) is 14.1 Å². The van der Waals surface area contributed by atoms with Gasteiger partial charge < -0.3 is 10.2 Å². The van der Waals surface area contributed by atoms with E-state index in [0.29, 0.717) is 0 Å². The third-order valence-corrected chi connectivity index (χ3v) is 2.59. The molecule has 94 valence electrons. The van der Waals surface area contributed by atoms with Crippen LogP contribution in [0.1, 0.15) is 0 Å². The van der Waals surface area contributed by atoms with Gasteiger partial charge in [0.15, 0.2) is 0 Å². The molecule has 0 spiro atoms. The molecule has 1 N–H and O–H groups in total. The average molecular weight is 248 g/mol. The van der Waals surface area contributed by atoms with Gasteiger partial charge in [-0.3, -0.25) is 0 Å². The summed E-state index contributed by atoms with van der Waals surface area (Å²) in [6.07, 6.45) is 0. The van der Waals surface area contributed by atoms with Crippen molar-refractivity contribution in [1.29, 1.82) is 0 Å². The van der Waals surface area contributed by atoms with Gasteiger partial charge in [0, 0.05) is 20.2 Å². The summed E-state index contributed by atoms with van der Waals surface area (Å²) in [5, 5.41) is 2.97. The first kappa shape index (κ1) is 12.4. The van der Waals surface area contributed by atoms with Crippen molar-refractivity contribution in [2.45, 2.75) is 0 Å². The van der Waals surface area contributed by atoms with E-state index in [-0.39, 0.29) is 5.69 Å². The predicted octanol–water partition coefficient (Wildman–Crippen LogP) is 3.77. The molecule has 0 aliphatic heterocycles. The SMILES string of the molecule is CN(C)c1ccccc1Nc1ccc(F)cc1F. The molecule has 18 heavy (non-hydrogen) atoms. The van der Waals surface area contributed by atoms with Gasteiger partial charge in [-0.2, -0.15) is 0 Å². The Morgan fingerprint density at radius 1 is 0.944 bits per heavy atom. The molecule has 2 aromatic rings. The number of para-hydroxylation sites is 2. The first-order valence-corrected chi connectivity index (χ1v) is 5.56. The van der Waals surface area contributed by atoms with E-state index in [2.05, 4.69) is 5.32 Å². The number of hydrogen-bond acceptors (Lipinski definition) is 2.